The molecule has 2 atom stereocenters. The number of halogens is 2. The molecule has 0 N–H and O–H groups in total. The van der Waals surface area contributed by atoms with Crippen molar-refractivity contribution >= 4 is 44.2 Å². The Morgan fingerprint density at radius 2 is 1.82 bits per heavy atom. The lowest BCUT2D eigenvalue weighted by molar-refractivity contribution is -0.00710. The number of hydrogen-bond acceptors (Lipinski definition) is 9. The van der Waals surface area contributed by atoms with E-state index in [0.717, 1.165) is 40.6 Å². The summed E-state index contributed by atoms with van der Waals surface area (Å²) < 4.78 is 67.1. The highest BCUT2D eigenvalue weighted by molar-refractivity contribution is 7.93. The molecule has 3 heterocycles. The summed E-state index contributed by atoms with van der Waals surface area (Å²) in [6.45, 7) is 5.30. The van der Waals surface area contributed by atoms with Crippen LogP contribution < -0.4 is 18.5 Å². The average Bonchev–Trinajstić information content (AvgIpc) is 3.58. The lowest BCUT2D eigenvalue weighted by atomic mass is 10.00. The standard InChI is InChI=1S/C30H35ClFN3O7S2/c1-30(2,3)42-29(36)35-19-7-8-20(35)13-22(12-19)41-26-16-24(32)27(15-23(26)31)44(37,38)34(28-33-10-11-43-28)17-18-6-9-21(39-4)14-25(18)40-5/h6,9-11,14-16,19-20,22H,7-8,12-13,17H2,1-5H3. The number of aromatic nitrogens is 1. The Hall–Kier alpha value is -3.29. The fourth-order valence-corrected chi connectivity index (χ4v) is 8.28. The molecular weight excluding hydrogens is 633 g/mol. The van der Waals surface area contributed by atoms with Crippen LogP contribution >= 0.6 is 22.9 Å². The van der Waals surface area contributed by atoms with Crippen molar-refractivity contribution in [1.82, 2.24) is 9.88 Å². The van der Waals surface area contributed by atoms with Crippen LogP contribution in [0.5, 0.6) is 17.2 Å². The lowest BCUT2D eigenvalue weighted by Gasteiger charge is -2.39. The third-order valence-corrected chi connectivity index (χ3v) is 10.5. The van der Waals surface area contributed by atoms with E-state index in [9.17, 15) is 13.2 Å². The van der Waals surface area contributed by atoms with Crippen LogP contribution in [0.1, 0.15) is 52.0 Å². The second-order valence-corrected chi connectivity index (χ2v) is 14.8. The highest BCUT2D eigenvalue weighted by Gasteiger charge is 2.46. The minimum atomic E-state index is -4.48. The van der Waals surface area contributed by atoms with Crippen LogP contribution in [0.2, 0.25) is 5.02 Å². The number of thiazole rings is 1. The van der Waals surface area contributed by atoms with E-state index in [1.54, 1.807) is 28.5 Å². The van der Waals surface area contributed by atoms with Crippen LogP contribution in [0.15, 0.2) is 46.8 Å². The number of hydrogen-bond donors (Lipinski definition) is 0. The van der Waals surface area contributed by atoms with E-state index >= 15 is 4.39 Å². The second kappa shape index (κ2) is 12.6. The van der Waals surface area contributed by atoms with Crippen LogP contribution in [-0.4, -0.2) is 62.4 Å². The predicted molar refractivity (Wildman–Crippen MR) is 165 cm³/mol. The maximum Gasteiger partial charge on any atom is 0.410 e. The molecule has 44 heavy (non-hydrogen) atoms. The predicted octanol–water partition coefficient (Wildman–Crippen LogP) is 6.66. The molecule has 2 fully saturated rings. The third kappa shape index (κ3) is 6.69. The Labute approximate surface area is 265 Å². The molecule has 2 aromatic carbocycles. The van der Waals surface area contributed by atoms with Gasteiger partial charge in [0.05, 0.1) is 25.8 Å². The number of fused-ring (bicyclic) bond motifs is 2. The molecule has 2 aliphatic heterocycles. The van der Waals surface area contributed by atoms with Gasteiger partial charge >= 0.3 is 6.09 Å². The summed E-state index contributed by atoms with van der Waals surface area (Å²) in [5, 5.41) is 1.73. The van der Waals surface area contributed by atoms with Gasteiger partial charge in [-0.15, -0.1) is 11.3 Å². The van der Waals surface area contributed by atoms with Gasteiger partial charge in [0.15, 0.2) is 5.13 Å². The van der Waals surface area contributed by atoms with E-state index in [-0.39, 0.29) is 46.7 Å². The van der Waals surface area contributed by atoms with Gasteiger partial charge in [0, 0.05) is 54.2 Å². The molecule has 0 spiro atoms. The van der Waals surface area contributed by atoms with Gasteiger partial charge in [0.25, 0.3) is 10.0 Å². The maximum absolute atomic E-state index is 15.7. The lowest BCUT2D eigenvalue weighted by Crippen LogP contribution is -2.50. The topological polar surface area (TPSA) is 108 Å². The van der Waals surface area contributed by atoms with Crippen LogP contribution in [0.4, 0.5) is 14.3 Å². The van der Waals surface area contributed by atoms with Gasteiger partial charge in [-0.2, -0.15) is 0 Å². The number of methoxy groups -OCH3 is 2. The van der Waals surface area contributed by atoms with Gasteiger partial charge in [-0.1, -0.05) is 11.6 Å². The fraction of sp³-hybridized carbons (Fsp3) is 0.467. The number of anilines is 1. The van der Waals surface area contributed by atoms with Gasteiger partial charge in [0.1, 0.15) is 39.7 Å². The molecule has 5 rings (SSSR count). The SMILES string of the molecule is COc1ccc(CN(c2nccs2)S(=O)(=O)c2cc(Cl)c(OC3CC4CCC(C3)N4C(=O)OC(C)(C)C)cc2F)c(OC)c1. The summed E-state index contributed by atoms with van der Waals surface area (Å²) in [5.41, 5.74) is -0.0850. The molecule has 2 bridgehead atoms. The maximum atomic E-state index is 15.7. The monoisotopic (exact) mass is 667 g/mol. The summed E-state index contributed by atoms with van der Waals surface area (Å²) in [5.74, 6) is -0.0427. The third-order valence-electron chi connectivity index (χ3n) is 7.58. The van der Waals surface area contributed by atoms with Crippen molar-refractivity contribution in [3.63, 3.8) is 0 Å². The zero-order valence-corrected chi connectivity index (χ0v) is 27.5. The molecule has 14 heteroatoms. The second-order valence-electron chi connectivity index (χ2n) is 11.7. The summed E-state index contributed by atoms with van der Waals surface area (Å²) in [7, 11) is -1.51. The van der Waals surface area contributed by atoms with E-state index in [1.807, 2.05) is 20.8 Å². The molecular formula is C30H35ClFN3O7S2. The highest BCUT2D eigenvalue weighted by atomic mass is 35.5. The van der Waals surface area contributed by atoms with Gasteiger partial charge in [0.2, 0.25) is 0 Å². The zero-order chi connectivity index (χ0) is 31.8. The summed E-state index contributed by atoms with van der Waals surface area (Å²) in [4.78, 5) is 18.2. The van der Waals surface area contributed by atoms with Crippen molar-refractivity contribution in [2.24, 2.45) is 0 Å². The highest BCUT2D eigenvalue weighted by Crippen LogP contribution is 2.41. The average molecular weight is 668 g/mol. The summed E-state index contributed by atoms with van der Waals surface area (Å²) >= 11 is 7.63. The normalized spacial score (nSPS) is 19.9. The number of ether oxygens (including phenoxy) is 4. The van der Waals surface area contributed by atoms with Crippen LogP contribution in [0, 0.1) is 5.82 Å². The van der Waals surface area contributed by atoms with Crippen LogP contribution in [0.3, 0.4) is 0 Å². The van der Waals surface area contributed by atoms with Gasteiger partial charge in [-0.3, -0.25) is 0 Å². The largest absolute Gasteiger partial charge is 0.497 e. The molecule has 1 aromatic heterocycles. The Morgan fingerprint density at radius 1 is 1.11 bits per heavy atom. The minimum Gasteiger partial charge on any atom is -0.497 e. The number of benzene rings is 2. The first-order valence-electron chi connectivity index (χ1n) is 14.1. The van der Waals surface area contributed by atoms with Crippen molar-refractivity contribution in [2.75, 3.05) is 18.5 Å². The minimum absolute atomic E-state index is 0.0378. The van der Waals surface area contributed by atoms with E-state index in [4.69, 9.17) is 30.5 Å². The molecule has 1 amide bonds. The summed E-state index contributed by atoms with van der Waals surface area (Å²) in [6.07, 6.45) is 3.46. The number of carbonyl (C=O) groups excluding carboxylic acids is 1. The van der Waals surface area contributed by atoms with Gasteiger partial charge in [-0.05, 0) is 51.8 Å². The molecule has 3 aromatic rings. The van der Waals surface area contributed by atoms with Crippen molar-refractivity contribution in [3.05, 3.63) is 58.3 Å². The van der Waals surface area contributed by atoms with Crippen LogP contribution in [0.25, 0.3) is 0 Å². The Balaban J connectivity index is 1.38. The van der Waals surface area contributed by atoms with Gasteiger partial charge in [-0.25, -0.2) is 26.9 Å². The van der Waals surface area contributed by atoms with E-state index in [0.29, 0.717) is 29.9 Å². The molecule has 10 nitrogen and oxygen atoms in total. The number of carbonyl (C=O) groups is 1. The number of piperidine rings is 1. The Bertz CT molecular complexity index is 1600. The smallest absolute Gasteiger partial charge is 0.410 e. The first kappa shape index (κ1) is 32.1. The fourth-order valence-electron chi connectivity index (χ4n) is 5.66. The molecule has 238 valence electrons. The molecule has 0 radical (unpaired) electrons. The van der Waals surface area contributed by atoms with Crippen molar-refractivity contribution in [1.29, 1.82) is 0 Å². The Kier molecular flexibility index (Phi) is 9.20. The number of nitrogens with zero attached hydrogens (tertiary/aromatic N) is 3. The first-order valence-corrected chi connectivity index (χ1v) is 16.8. The van der Waals surface area contributed by atoms with Crippen molar-refractivity contribution in [3.8, 4) is 17.2 Å². The van der Waals surface area contributed by atoms with E-state index in [2.05, 4.69) is 4.98 Å². The quantitative estimate of drug-likeness (QED) is 0.249. The summed E-state index contributed by atoms with van der Waals surface area (Å²) in [6, 6.07) is 6.92. The van der Waals surface area contributed by atoms with E-state index < -0.39 is 26.3 Å². The first-order chi connectivity index (χ1) is 20.8. The Morgan fingerprint density at radius 3 is 2.41 bits per heavy atom. The molecule has 2 aliphatic rings. The van der Waals surface area contributed by atoms with Crippen molar-refractivity contribution in [2.45, 2.75) is 81.7 Å². The zero-order valence-electron chi connectivity index (χ0n) is 25.1. The number of amides is 1. The van der Waals surface area contributed by atoms with Crippen LogP contribution in [-0.2, 0) is 21.3 Å². The molecule has 0 aliphatic carbocycles. The van der Waals surface area contributed by atoms with Crippen molar-refractivity contribution < 1.29 is 36.6 Å². The molecule has 2 unspecified atom stereocenters. The number of sulfonamides is 1. The van der Waals surface area contributed by atoms with E-state index in [1.165, 1.54) is 20.4 Å². The molecule has 0 saturated carbocycles. The van der Waals surface area contributed by atoms with Gasteiger partial charge < -0.3 is 23.8 Å². The number of rotatable bonds is 9. The molecule has 2 saturated heterocycles.